The van der Waals surface area contributed by atoms with Crippen LogP contribution in [0.1, 0.15) is 19.8 Å². The van der Waals surface area contributed by atoms with E-state index in [-0.39, 0.29) is 24.3 Å². The zero-order valence-electron chi connectivity index (χ0n) is 13.3. The van der Waals surface area contributed by atoms with Gasteiger partial charge in [-0.25, -0.2) is 0 Å². The molecule has 1 saturated heterocycles. The van der Waals surface area contributed by atoms with E-state index in [2.05, 4.69) is 5.32 Å². The van der Waals surface area contributed by atoms with Crippen LogP contribution in [0.4, 0.5) is 5.69 Å². The number of ether oxygens (including phenoxy) is 1. The van der Waals surface area contributed by atoms with Crippen molar-refractivity contribution in [3.63, 3.8) is 0 Å². The molecule has 0 atom stereocenters. The van der Waals surface area contributed by atoms with Gasteiger partial charge in [-0.05, 0) is 45.0 Å². The highest BCUT2D eigenvalue weighted by Gasteiger charge is 2.26. The first kappa shape index (κ1) is 19.3. The second-order valence-electron chi connectivity index (χ2n) is 5.60. The highest BCUT2D eigenvalue weighted by molar-refractivity contribution is 6.44. The lowest BCUT2D eigenvalue weighted by Crippen LogP contribution is -2.41. The third-order valence-corrected chi connectivity index (χ3v) is 4.89. The lowest BCUT2D eigenvalue weighted by Gasteiger charge is -2.30. The molecule has 0 saturated carbocycles. The van der Waals surface area contributed by atoms with Gasteiger partial charge in [-0.15, -0.1) is 0 Å². The Morgan fingerprint density at radius 1 is 1.17 bits per heavy atom. The van der Waals surface area contributed by atoms with E-state index in [1.54, 1.807) is 6.92 Å². The van der Waals surface area contributed by atoms with Gasteiger partial charge in [0.1, 0.15) is 0 Å². The number of amides is 1. The van der Waals surface area contributed by atoms with Gasteiger partial charge in [-0.3, -0.25) is 14.5 Å². The van der Waals surface area contributed by atoms with Crippen LogP contribution in [0.2, 0.25) is 15.1 Å². The fraction of sp³-hybridized carbons (Fsp3) is 0.500. The lowest BCUT2D eigenvalue weighted by molar-refractivity contribution is -0.149. The molecule has 1 aromatic rings. The van der Waals surface area contributed by atoms with E-state index in [0.29, 0.717) is 53.3 Å². The minimum Gasteiger partial charge on any atom is -0.466 e. The van der Waals surface area contributed by atoms with Gasteiger partial charge in [0.15, 0.2) is 0 Å². The van der Waals surface area contributed by atoms with Gasteiger partial charge in [0.2, 0.25) is 5.91 Å². The van der Waals surface area contributed by atoms with E-state index >= 15 is 0 Å². The van der Waals surface area contributed by atoms with Crippen molar-refractivity contribution in [2.45, 2.75) is 19.8 Å². The summed E-state index contributed by atoms with van der Waals surface area (Å²) >= 11 is 17.9. The number of esters is 1. The van der Waals surface area contributed by atoms with E-state index < -0.39 is 0 Å². The Morgan fingerprint density at radius 2 is 1.79 bits per heavy atom. The van der Waals surface area contributed by atoms with Crippen molar-refractivity contribution in [2.75, 3.05) is 31.6 Å². The summed E-state index contributed by atoms with van der Waals surface area (Å²) in [6.07, 6.45) is 1.39. The first-order valence-corrected chi connectivity index (χ1v) is 8.87. The molecule has 5 nitrogen and oxygen atoms in total. The van der Waals surface area contributed by atoms with Crippen LogP contribution in [0.3, 0.4) is 0 Å². The molecular formula is C16H19Cl3N2O3. The number of anilines is 1. The predicted molar refractivity (Wildman–Crippen MR) is 95.9 cm³/mol. The maximum atomic E-state index is 12.2. The Kier molecular flexibility index (Phi) is 7.16. The topological polar surface area (TPSA) is 58.6 Å². The standard InChI is InChI=1S/C16H19Cl3N2O3/c1-2-24-16(23)10-3-5-21(6-4-10)9-15(22)20-14-8-12(18)11(17)7-13(14)19/h7-8,10H,2-6,9H2,1H3,(H,20,22). The number of carbonyl (C=O) groups is 2. The summed E-state index contributed by atoms with van der Waals surface area (Å²) in [6, 6.07) is 3.02. The van der Waals surface area contributed by atoms with Crippen LogP contribution < -0.4 is 5.32 Å². The fourth-order valence-electron chi connectivity index (χ4n) is 2.60. The van der Waals surface area contributed by atoms with Crippen LogP contribution in [-0.4, -0.2) is 43.0 Å². The van der Waals surface area contributed by atoms with Gasteiger partial charge >= 0.3 is 5.97 Å². The molecule has 24 heavy (non-hydrogen) atoms. The average Bonchev–Trinajstić information content (AvgIpc) is 2.53. The molecule has 132 valence electrons. The Hall–Kier alpha value is -1.01. The monoisotopic (exact) mass is 392 g/mol. The Labute approximate surface area is 156 Å². The molecule has 8 heteroatoms. The summed E-state index contributed by atoms with van der Waals surface area (Å²) < 4.78 is 5.04. The molecule has 2 rings (SSSR count). The minimum absolute atomic E-state index is 0.0752. The molecule has 1 aliphatic rings. The van der Waals surface area contributed by atoms with Crippen LogP contribution in [0.5, 0.6) is 0 Å². The number of carbonyl (C=O) groups excluding carboxylic acids is 2. The molecule has 0 aliphatic carbocycles. The van der Waals surface area contributed by atoms with E-state index in [4.69, 9.17) is 39.5 Å². The van der Waals surface area contributed by atoms with Crippen molar-refractivity contribution in [3.05, 3.63) is 27.2 Å². The molecule has 1 N–H and O–H groups in total. The van der Waals surface area contributed by atoms with Crippen LogP contribution in [0.25, 0.3) is 0 Å². The third-order valence-electron chi connectivity index (χ3n) is 3.86. The molecule has 0 radical (unpaired) electrons. The predicted octanol–water partition coefficient (Wildman–Crippen LogP) is 3.86. The van der Waals surface area contributed by atoms with Crippen LogP contribution in [-0.2, 0) is 14.3 Å². The van der Waals surface area contributed by atoms with Gasteiger partial charge in [0.25, 0.3) is 0 Å². The Morgan fingerprint density at radius 3 is 2.42 bits per heavy atom. The number of benzene rings is 1. The van der Waals surface area contributed by atoms with Crippen molar-refractivity contribution in [1.82, 2.24) is 4.90 Å². The van der Waals surface area contributed by atoms with E-state index in [1.165, 1.54) is 12.1 Å². The normalized spacial score (nSPS) is 16.0. The summed E-state index contributed by atoms with van der Waals surface area (Å²) in [5.74, 6) is -0.414. The zero-order valence-corrected chi connectivity index (χ0v) is 15.5. The third kappa shape index (κ3) is 5.24. The molecule has 0 bridgehead atoms. The summed E-state index contributed by atoms with van der Waals surface area (Å²) in [5, 5.41) is 3.72. The second kappa shape index (κ2) is 8.90. The summed E-state index contributed by atoms with van der Waals surface area (Å²) in [4.78, 5) is 25.9. The van der Waals surface area contributed by atoms with Gasteiger partial charge in [0.05, 0.1) is 39.8 Å². The zero-order chi connectivity index (χ0) is 17.7. The number of nitrogens with zero attached hydrogens (tertiary/aromatic N) is 1. The first-order valence-electron chi connectivity index (χ1n) is 7.74. The molecule has 1 fully saturated rings. The van der Waals surface area contributed by atoms with Gasteiger partial charge in [0, 0.05) is 0 Å². The van der Waals surface area contributed by atoms with E-state index in [1.807, 2.05) is 4.90 Å². The minimum atomic E-state index is -0.190. The molecule has 1 amide bonds. The molecule has 1 heterocycles. The fourth-order valence-corrected chi connectivity index (χ4v) is 3.19. The van der Waals surface area contributed by atoms with Crippen LogP contribution in [0.15, 0.2) is 12.1 Å². The van der Waals surface area contributed by atoms with Gasteiger partial charge in [-0.1, -0.05) is 34.8 Å². The van der Waals surface area contributed by atoms with Crippen molar-refractivity contribution >= 4 is 52.4 Å². The smallest absolute Gasteiger partial charge is 0.309 e. The van der Waals surface area contributed by atoms with Crippen molar-refractivity contribution in [1.29, 1.82) is 0 Å². The molecule has 0 spiro atoms. The van der Waals surface area contributed by atoms with Crippen molar-refractivity contribution in [2.24, 2.45) is 5.92 Å². The molecule has 1 aromatic carbocycles. The highest BCUT2D eigenvalue weighted by Crippen LogP contribution is 2.32. The molecular weight excluding hydrogens is 375 g/mol. The Bertz CT molecular complexity index is 617. The average molecular weight is 394 g/mol. The van der Waals surface area contributed by atoms with Gasteiger partial charge in [-0.2, -0.15) is 0 Å². The number of likely N-dealkylation sites (tertiary alicyclic amines) is 1. The number of hydrogen-bond acceptors (Lipinski definition) is 4. The second-order valence-corrected chi connectivity index (χ2v) is 6.82. The number of piperidine rings is 1. The summed E-state index contributed by atoms with van der Waals surface area (Å²) in [5.41, 5.74) is 0.428. The quantitative estimate of drug-likeness (QED) is 0.609. The van der Waals surface area contributed by atoms with E-state index in [9.17, 15) is 9.59 Å². The molecule has 1 aliphatic heterocycles. The largest absolute Gasteiger partial charge is 0.466 e. The van der Waals surface area contributed by atoms with E-state index in [0.717, 1.165) is 0 Å². The van der Waals surface area contributed by atoms with Gasteiger partial charge < -0.3 is 10.1 Å². The first-order chi connectivity index (χ1) is 11.4. The van der Waals surface area contributed by atoms with Crippen LogP contribution >= 0.6 is 34.8 Å². The SMILES string of the molecule is CCOC(=O)C1CCN(CC(=O)Nc2cc(Cl)c(Cl)cc2Cl)CC1. The molecule has 0 aromatic heterocycles. The maximum absolute atomic E-state index is 12.2. The number of hydrogen-bond donors (Lipinski definition) is 1. The molecule has 0 unspecified atom stereocenters. The Balaban J connectivity index is 1.84. The number of rotatable bonds is 5. The lowest BCUT2D eigenvalue weighted by atomic mass is 9.97. The number of nitrogens with one attached hydrogen (secondary N) is 1. The summed E-state index contributed by atoms with van der Waals surface area (Å²) in [6.45, 7) is 3.77. The number of halogens is 3. The summed E-state index contributed by atoms with van der Waals surface area (Å²) in [7, 11) is 0. The van der Waals surface area contributed by atoms with Crippen molar-refractivity contribution < 1.29 is 14.3 Å². The highest BCUT2D eigenvalue weighted by atomic mass is 35.5. The van der Waals surface area contributed by atoms with Crippen LogP contribution in [0, 0.1) is 5.92 Å². The van der Waals surface area contributed by atoms with Crippen molar-refractivity contribution in [3.8, 4) is 0 Å². The maximum Gasteiger partial charge on any atom is 0.309 e.